The molecule has 0 saturated heterocycles. The second-order valence-corrected chi connectivity index (χ2v) is 3.96. The molecular formula is C9H10N2O3S. The summed E-state index contributed by atoms with van der Waals surface area (Å²) < 4.78 is 5.29. The number of thioether (sulfide) groups is 1. The van der Waals surface area contributed by atoms with Gasteiger partial charge in [-0.1, -0.05) is 0 Å². The van der Waals surface area contributed by atoms with Crippen LogP contribution in [0.4, 0.5) is 4.79 Å². The van der Waals surface area contributed by atoms with Gasteiger partial charge in [0.1, 0.15) is 0 Å². The van der Waals surface area contributed by atoms with Crippen LogP contribution in [0, 0.1) is 0 Å². The third-order valence-corrected chi connectivity index (χ3v) is 3.09. The van der Waals surface area contributed by atoms with Crippen molar-refractivity contribution in [1.82, 2.24) is 4.90 Å². The Morgan fingerprint density at radius 1 is 1.80 bits per heavy atom. The van der Waals surface area contributed by atoms with Gasteiger partial charge in [-0.25, -0.2) is 9.79 Å². The lowest BCUT2D eigenvalue weighted by molar-refractivity contribution is 0.171. The standard InChI is InChI=1S/C9H10N2O3S/c1-2-11(9(12)13)8-10-6-4-3-5-14-7(6)15-8/h3-5,7H,2H2,1H3,(H,12,13). The van der Waals surface area contributed by atoms with Gasteiger partial charge in [0.2, 0.25) is 0 Å². The number of nitrogens with zero attached hydrogens (tertiary/aromatic N) is 2. The molecule has 0 aliphatic carbocycles. The van der Waals surface area contributed by atoms with Gasteiger partial charge >= 0.3 is 6.09 Å². The Labute approximate surface area is 91.1 Å². The van der Waals surface area contributed by atoms with E-state index in [4.69, 9.17) is 9.84 Å². The lowest BCUT2D eigenvalue weighted by Gasteiger charge is -2.16. The Bertz CT molecular complexity index is 376. The van der Waals surface area contributed by atoms with Crippen LogP contribution < -0.4 is 0 Å². The van der Waals surface area contributed by atoms with Gasteiger partial charge in [-0.2, -0.15) is 0 Å². The number of fused-ring (bicyclic) bond motifs is 1. The highest BCUT2D eigenvalue weighted by atomic mass is 32.2. The average Bonchev–Trinajstić information content (AvgIpc) is 2.61. The first kappa shape index (κ1) is 10.1. The second kappa shape index (κ2) is 3.98. The maximum Gasteiger partial charge on any atom is 0.413 e. The smallest absolute Gasteiger partial charge is 0.413 e. The van der Waals surface area contributed by atoms with Crippen molar-refractivity contribution in [2.24, 2.45) is 4.99 Å². The lowest BCUT2D eigenvalue weighted by Crippen LogP contribution is -2.33. The van der Waals surface area contributed by atoms with Crippen LogP contribution in [0.5, 0.6) is 0 Å². The molecule has 0 aromatic heterocycles. The minimum Gasteiger partial charge on any atom is -0.480 e. The highest BCUT2D eigenvalue weighted by Gasteiger charge is 2.31. The first-order valence-electron chi connectivity index (χ1n) is 4.50. The number of allylic oxidation sites excluding steroid dienone is 2. The van der Waals surface area contributed by atoms with E-state index in [1.165, 1.54) is 16.7 Å². The Hall–Kier alpha value is -1.43. The van der Waals surface area contributed by atoms with Crippen molar-refractivity contribution >= 4 is 23.0 Å². The zero-order valence-corrected chi connectivity index (χ0v) is 8.90. The molecule has 1 amide bonds. The summed E-state index contributed by atoms with van der Waals surface area (Å²) >= 11 is 1.31. The molecule has 0 aromatic rings. The molecular weight excluding hydrogens is 216 g/mol. The maximum atomic E-state index is 10.9. The molecule has 1 N–H and O–H groups in total. The van der Waals surface area contributed by atoms with E-state index in [0.717, 1.165) is 5.70 Å². The molecule has 0 spiro atoms. The van der Waals surface area contributed by atoms with E-state index in [9.17, 15) is 4.79 Å². The number of rotatable bonds is 1. The van der Waals surface area contributed by atoms with Crippen LogP contribution in [-0.4, -0.2) is 33.2 Å². The molecule has 0 fully saturated rings. The SMILES string of the molecule is CCN(C(=O)O)C1=NC2=CC=COC2S1. The van der Waals surface area contributed by atoms with E-state index < -0.39 is 6.09 Å². The van der Waals surface area contributed by atoms with Gasteiger partial charge in [-0.05, 0) is 30.8 Å². The highest BCUT2D eigenvalue weighted by molar-refractivity contribution is 8.14. The van der Waals surface area contributed by atoms with Crippen LogP contribution in [0.15, 0.2) is 29.1 Å². The quantitative estimate of drug-likeness (QED) is 0.741. The monoisotopic (exact) mass is 226 g/mol. The summed E-state index contributed by atoms with van der Waals surface area (Å²) in [5, 5.41) is 9.40. The largest absolute Gasteiger partial charge is 0.480 e. The average molecular weight is 226 g/mol. The minimum absolute atomic E-state index is 0.196. The van der Waals surface area contributed by atoms with Crippen molar-refractivity contribution in [2.75, 3.05) is 6.54 Å². The van der Waals surface area contributed by atoms with Gasteiger partial charge in [0, 0.05) is 6.54 Å². The van der Waals surface area contributed by atoms with Crippen molar-refractivity contribution in [2.45, 2.75) is 12.4 Å². The molecule has 15 heavy (non-hydrogen) atoms. The summed E-state index contributed by atoms with van der Waals surface area (Å²) in [6, 6.07) is 0. The molecule has 2 aliphatic heterocycles. The molecule has 2 heterocycles. The van der Waals surface area contributed by atoms with Crippen molar-refractivity contribution in [3.05, 3.63) is 24.1 Å². The normalized spacial score (nSPS) is 22.6. The first-order chi connectivity index (χ1) is 7.22. The highest BCUT2D eigenvalue weighted by Crippen LogP contribution is 2.34. The first-order valence-corrected chi connectivity index (χ1v) is 5.38. The van der Waals surface area contributed by atoms with Gasteiger partial charge < -0.3 is 9.84 Å². The van der Waals surface area contributed by atoms with E-state index >= 15 is 0 Å². The number of amidine groups is 1. The van der Waals surface area contributed by atoms with Crippen LogP contribution in [-0.2, 0) is 4.74 Å². The van der Waals surface area contributed by atoms with Crippen molar-refractivity contribution in [3.63, 3.8) is 0 Å². The minimum atomic E-state index is -0.990. The fourth-order valence-corrected chi connectivity index (χ4v) is 2.35. The zero-order chi connectivity index (χ0) is 10.8. The number of carbonyl (C=O) groups is 1. The predicted molar refractivity (Wildman–Crippen MR) is 57.5 cm³/mol. The summed E-state index contributed by atoms with van der Waals surface area (Å²) in [7, 11) is 0. The summed E-state index contributed by atoms with van der Waals surface area (Å²) in [4.78, 5) is 16.3. The van der Waals surface area contributed by atoms with Gasteiger partial charge in [-0.15, -0.1) is 0 Å². The maximum absolute atomic E-state index is 10.9. The molecule has 2 rings (SSSR count). The third-order valence-electron chi connectivity index (χ3n) is 2.00. The fraction of sp³-hybridized carbons (Fsp3) is 0.333. The van der Waals surface area contributed by atoms with Crippen LogP contribution in [0.25, 0.3) is 0 Å². The Kier molecular flexibility index (Phi) is 2.68. The number of ether oxygens (including phenoxy) is 1. The van der Waals surface area contributed by atoms with E-state index in [1.54, 1.807) is 19.3 Å². The lowest BCUT2D eigenvalue weighted by atomic mass is 10.4. The van der Waals surface area contributed by atoms with Crippen LogP contribution in [0.1, 0.15) is 6.92 Å². The number of aliphatic imine (C=N–C) groups is 1. The number of carboxylic acid groups (broad SMARTS) is 1. The van der Waals surface area contributed by atoms with Gasteiger partial charge in [0.25, 0.3) is 0 Å². The summed E-state index contributed by atoms with van der Waals surface area (Å²) in [6.45, 7) is 2.15. The van der Waals surface area contributed by atoms with E-state index in [2.05, 4.69) is 4.99 Å². The van der Waals surface area contributed by atoms with E-state index in [0.29, 0.717) is 11.7 Å². The molecule has 0 saturated carbocycles. The second-order valence-electron chi connectivity index (χ2n) is 2.93. The fourth-order valence-electron chi connectivity index (χ4n) is 1.29. The molecule has 5 nitrogen and oxygen atoms in total. The molecule has 1 atom stereocenters. The topological polar surface area (TPSA) is 62.1 Å². The van der Waals surface area contributed by atoms with Crippen LogP contribution in [0.3, 0.4) is 0 Å². The van der Waals surface area contributed by atoms with E-state index in [1.807, 2.05) is 6.08 Å². The number of hydrogen-bond donors (Lipinski definition) is 1. The molecule has 2 aliphatic rings. The van der Waals surface area contributed by atoms with Crippen molar-refractivity contribution in [3.8, 4) is 0 Å². The molecule has 6 heteroatoms. The van der Waals surface area contributed by atoms with Crippen LogP contribution >= 0.6 is 11.8 Å². The Morgan fingerprint density at radius 2 is 2.60 bits per heavy atom. The third kappa shape index (κ3) is 1.85. The number of hydrogen-bond acceptors (Lipinski definition) is 4. The predicted octanol–water partition coefficient (Wildman–Crippen LogP) is 1.84. The van der Waals surface area contributed by atoms with Gasteiger partial charge in [-0.3, -0.25) is 4.90 Å². The Morgan fingerprint density at radius 3 is 3.20 bits per heavy atom. The molecule has 0 radical (unpaired) electrons. The Balaban J connectivity index is 2.19. The summed E-state index contributed by atoms with van der Waals surface area (Å²) in [5.41, 5.74) is 0.565. The van der Waals surface area contributed by atoms with Crippen molar-refractivity contribution < 1.29 is 14.6 Å². The molecule has 80 valence electrons. The molecule has 1 unspecified atom stereocenters. The van der Waals surface area contributed by atoms with Crippen LogP contribution in [0.2, 0.25) is 0 Å². The summed E-state index contributed by atoms with van der Waals surface area (Å²) in [6.07, 6.45) is 4.16. The van der Waals surface area contributed by atoms with Gasteiger partial charge in [0.05, 0.1) is 12.0 Å². The van der Waals surface area contributed by atoms with Gasteiger partial charge in [0.15, 0.2) is 10.6 Å². The number of amides is 1. The summed E-state index contributed by atoms with van der Waals surface area (Å²) in [5.74, 6) is 0. The van der Waals surface area contributed by atoms with E-state index in [-0.39, 0.29) is 5.44 Å². The van der Waals surface area contributed by atoms with Crippen molar-refractivity contribution in [1.29, 1.82) is 0 Å². The zero-order valence-electron chi connectivity index (χ0n) is 8.08. The molecule has 0 aromatic carbocycles. The molecule has 0 bridgehead atoms.